The molecule has 0 saturated carbocycles. The molecule has 10 heteroatoms. The fourth-order valence-corrected chi connectivity index (χ4v) is 3.73. The van der Waals surface area contributed by atoms with Crippen molar-refractivity contribution < 1.29 is 14.5 Å². The number of aromatic amines is 1. The second-order valence-electron chi connectivity index (χ2n) is 7.52. The van der Waals surface area contributed by atoms with E-state index in [2.05, 4.69) is 25.4 Å². The lowest BCUT2D eigenvalue weighted by Gasteiger charge is -2.30. The monoisotopic (exact) mass is 436 g/mol. The molecule has 2 aromatic carbocycles. The zero-order valence-electron chi connectivity index (χ0n) is 17.7. The molecular formula is C22H24N6O4. The van der Waals surface area contributed by atoms with Crippen LogP contribution in [0.15, 0.2) is 42.5 Å². The first kappa shape index (κ1) is 21.3. The number of rotatable bonds is 7. The Balaban J connectivity index is 1.49. The Kier molecular flexibility index (Phi) is 6.29. The molecular weight excluding hydrogens is 412 g/mol. The van der Waals surface area contributed by atoms with Gasteiger partial charge in [0.25, 0.3) is 11.6 Å². The lowest BCUT2D eigenvalue weighted by Crippen LogP contribution is -2.32. The first-order chi connectivity index (χ1) is 15.5. The van der Waals surface area contributed by atoms with Gasteiger partial charge in [0.05, 0.1) is 29.8 Å². The van der Waals surface area contributed by atoms with Crippen molar-refractivity contribution in [3.05, 3.63) is 64.0 Å². The van der Waals surface area contributed by atoms with Crippen molar-refractivity contribution >= 4 is 17.3 Å². The summed E-state index contributed by atoms with van der Waals surface area (Å²) in [5, 5.41) is 21.1. The Labute approximate surface area is 184 Å². The van der Waals surface area contributed by atoms with Crippen LogP contribution in [0.4, 0.5) is 11.4 Å². The summed E-state index contributed by atoms with van der Waals surface area (Å²) >= 11 is 0. The van der Waals surface area contributed by atoms with Gasteiger partial charge in [0.1, 0.15) is 11.6 Å². The molecule has 0 aliphatic carbocycles. The van der Waals surface area contributed by atoms with Gasteiger partial charge in [0, 0.05) is 30.8 Å². The van der Waals surface area contributed by atoms with E-state index in [1.165, 1.54) is 12.1 Å². The number of hydrogen-bond acceptors (Lipinski definition) is 7. The third kappa shape index (κ3) is 4.69. The van der Waals surface area contributed by atoms with Crippen molar-refractivity contribution in [1.82, 2.24) is 20.5 Å². The van der Waals surface area contributed by atoms with E-state index in [0.717, 1.165) is 43.7 Å². The van der Waals surface area contributed by atoms with Gasteiger partial charge in [-0.3, -0.25) is 20.0 Å². The lowest BCUT2D eigenvalue weighted by molar-refractivity contribution is -0.384. The van der Waals surface area contributed by atoms with Gasteiger partial charge in [-0.05, 0) is 49.6 Å². The summed E-state index contributed by atoms with van der Waals surface area (Å²) < 4.78 is 5.15. The highest BCUT2D eigenvalue weighted by Gasteiger charge is 2.22. The smallest absolute Gasteiger partial charge is 0.270 e. The number of anilines is 1. The number of nitro groups is 1. The molecule has 1 saturated heterocycles. The number of H-pyrrole nitrogens is 1. The van der Waals surface area contributed by atoms with Crippen molar-refractivity contribution in [3.63, 3.8) is 0 Å². The fourth-order valence-electron chi connectivity index (χ4n) is 3.73. The highest BCUT2D eigenvalue weighted by Crippen LogP contribution is 2.28. The van der Waals surface area contributed by atoms with E-state index in [-0.39, 0.29) is 17.8 Å². The number of aromatic nitrogens is 3. The van der Waals surface area contributed by atoms with Gasteiger partial charge < -0.3 is 15.0 Å². The van der Waals surface area contributed by atoms with Gasteiger partial charge in [-0.25, -0.2) is 4.98 Å². The predicted molar refractivity (Wildman–Crippen MR) is 119 cm³/mol. The highest BCUT2D eigenvalue weighted by atomic mass is 16.6. The molecule has 0 atom stereocenters. The van der Waals surface area contributed by atoms with Crippen molar-refractivity contribution in [2.75, 3.05) is 25.1 Å². The van der Waals surface area contributed by atoms with E-state index in [0.29, 0.717) is 17.3 Å². The Morgan fingerprint density at radius 2 is 1.94 bits per heavy atom. The number of methoxy groups -OCH3 is 1. The summed E-state index contributed by atoms with van der Waals surface area (Å²) in [6, 6.07) is 11.8. The van der Waals surface area contributed by atoms with E-state index in [4.69, 9.17) is 4.74 Å². The molecule has 10 nitrogen and oxygen atoms in total. The summed E-state index contributed by atoms with van der Waals surface area (Å²) in [6.45, 7) is 1.76. The molecule has 2 N–H and O–H groups in total. The maximum absolute atomic E-state index is 13.0. The Hall–Kier alpha value is -3.95. The number of amides is 1. The molecule has 0 bridgehead atoms. The van der Waals surface area contributed by atoms with Crippen molar-refractivity contribution in [1.29, 1.82) is 0 Å². The van der Waals surface area contributed by atoms with Crippen molar-refractivity contribution in [2.45, 2.75) is 25.8 Å². The number of nitrogens with zero attached hydrogens (tertiary/aromatic N) is 4. The minimum atomic E-state index is -0.492. The number of nitro benzene ring substituents is 1. The third-order valence-electron chi connectivity index (χ3n) is 5.43. The summed E-state index contributed by atoms with van der Waals surface area (Å²) in [5.41, 5.74) is 1.70. The van der Waals surface area contributed by atoms with Crippen LogP contribution in [-0.2, 0) is 6.54 Å². The third-order valence-corrected chi connectivity index (χ3v) is 5.43. The van der Waals surface area contributed by atoms with E-state index in [1.807, 2.05) is 24.3 Å². The lowest BCUT2D eigenvalue weighted by atomic mass is 10.1. The number of nitrogens with one attached hydrogen (secondary N) is 2. The van der Waals surface area contributed by atoms with E-state index in [9.17, 15) is 14.9 Å². The number of carbonyl (C=O) groups is 1. The van der Waals surface area contributed by atoms with Gasteiger partial charge in [-0.1, -0.05) is 0 Å². The normalized spacial score (nSPS) is 13.6. The minimum Gasteiger partial charge on any atom is -0.497 e. The molecule has 0 spiro atoms. The molecule has 1 fully saturated rings. The average Bonchev–Trinajstić information content (AvgIpc) is 3.32. The molecule has 32 heavy (non-hydrogen) atoms. The van der Waals surface area contributed by atoms with E-state index in [1.54, 1.807) is 13.2 Å². The fraction of sp³-hybridized carbons (Fsp3) is 0.318. The SMILES string of the molecule is COc1ccc(-c2n[nH]c(CNC(=O)c3cc([N+](=O)[O-])ccc3N3CCCCC3)n2)cc1. The summed E-state index contributed by atoms with van der Waals surface area (Å²) in [6.07, 6.45) is 3.21. The van der Waals surface area contributed by atoms with E-state index >= 15 is 0 Å². The van der Waals surface area contributed by atoms with Crippen LogP contribution >= 0.6 is 0 Å². The Bertz CT molecular complexity index is 1110. The topological polar surface area (TPSA) is 126 Å². The summed E-state index contributed by atoms with van der Waals surface area (Å²) in [7, 11) is 1.60. The molecule has 0 unspecified atom stereocenters. The minimum absolute atomic E-state index is 0.114. The number of benzene rings is 2. The maximum Gasteiger partial charge on any atom is 0.270 e. The number of ether oxygens (including phenoxy) is 1. The number of piperidine rings is 1. The first-order valence-corrected chi connectivity index (χ1v) is 10.4. The van der Waals surface area contributed by atoms with Crippen LogP contribution in [0.5, 0.6) is 5.75 Å². The highest BCUT2D eigenvalue weighted by molar-refractivity contribution is 6.00. The van der Waals surface area contributed by atoms with E-state index < -0.39 is 10.8 Å². The Morgan fingerprint density at radius 3 is 2.62 bits per heavy atom. The van der Waals surface area contributed by atoms with Crippen LogP contribution in [0.1, 0.15) is 35.4 Å². The molecule has 0 radical (unpaired) electrons. The molecule has 3 aromatic rings. The van der Waals surface area contributed by atoms with Crippen LogP contribution in [0.3, 0.4) is 0 Å². The number of non-ortho nitro benzene ring substituents is 1. The van der Waals surface area contributed by atoms with Crippen LogP contribution < -0.4 is 15.0 Å². The van der Waals surface area contributed by atoms with Gasteiger partial charge in [0.15, 0.2) is 5.82 Å². The molecule has 166 valence electrons. The quantitative estimate of drug-likeness (QED) is 0.430. The van der Waals surface area contributed by atoms with Crippen LogP contribution in [0.2, 0.25) is 0 Å². The van der Waals surface area contributed by atoms with Gasteiger partial charge in [0.2, 0.25) is 0 Å². The first-order valence-electron chi connectivity index (χ1n) is 10.4. The zero-order valence-corrected chi connectivity index (χ0v) is 17.7. The molecule has 2 heterocycles. The van der Waals surface area contributed by atoms with Gasteiger partial charge in [-0.15, -0.1) is 0 Å². The predicted octanol–water partition coefficient (Wildman–Crippen LogP) is 3.31. The standard InChI is InChI=1S/C22H24N6O4/c1-32-17-8-5-15(6-9-17)21-24-20(25-26-21)14-23-22(29)18-13-16(28(30)31)7-10-19(18)27-11-3-2-4-12-27/h5-10,13H,2-4,11-12,14H2,1H3,(H,23,29)(H,24,25,26). The Morgan fingerprint density at radius 1 is 1.19 bits per heavy atom. The molecule has 1 aliphatic rings. The number of hydrogen-bond donors (Lipinski definition) is 2. The van der Waals surface area contributed by atoms with Crippen molar-refractivity contribution in [3.8, 4) is 17.1 Å². The maximum atomic E-state index is 13.0. The van der Waals surface area contributed by atoms with Crippen molar-refractivity contribution in [2.24, 2.45) is 0 Å². The summed E-state index contributed by atoms with van der Waals surface area (Å²) in [5.74, 6) is 1.32. The number of carbonyl (C=O) groups excluding carboxylic acids is 1. The molecule has 1 amide bonds. The van der Waals surface area contributed by atoms with Gasteiger partial charge >= 0.3 is 0 Å². The second-order valence-corrected chi connectivity index (χ2v) is 7.52. The van der Waals surface area contributed by atoms with Crippen LogP contribution in [0.25, 0.3) is 11.4 Å². The van der Waals surface area contributed by atoms with Crippen LogP contribution in [0, 0.1) is 10.1 Å². The zero-order chi connectivity index (χ0) is 22.5. The average molecular weight is 436 g/mol. The largest absolute Gasteiger partial charge is 0.497 e. The molecule has 4 rings (SSSR count). The van der Waals surface area contributed by atoms with Crippen LogP contribution in [-0.4, -0.2) is 46.2 Å². The van der Waals surface area contributed by atoms with Gasteiger partial charge in [-0.2, -0.15) is 5.10 Å². The second kappa shape index (κ2) is 9.46. The summed E-state index contributed by atoms with van der Waals surface area (Å²) in [4.78, 5) is 30.3. The molecule has 1 aromatic heterocycles. The molecule has 1 aliphatic heterocycles.